The van der Waals surface area contributed by atoms with Gasteiger partial charge in [-0.3, -0.25) is 4.90 Å². The number of ether oxygens (including phenoxy) is 2. The highest BCUT2D eigenvalue weighted by Crippen LogP contribution is 2.32. The molecule has 0 amide bonds. The van der Waals surface area contributed by atoms with Crippen LogP contribution >= 0.6 is 0 Å². The van der Waals surface area contributed by atoms with Crippen LogP contribution in [0, 0.1) is 0 Å². The minimum Gasteiger partial charge on any atom is -0.496 e. The molecule has 0 aliphatic heterocycles. The van der Waals surface area contributed by atoms with E-state index in [-0.39, 0.29) is 6.04 Å². The molecule has 0 saturated heterocycles. The van der Waals surface area contributed by atoms with Crippen LogP contribution in [0.1, 0.15) is 46.2 Å². The minimum atomic E-state index is -0.123. The summed E-state index contributed by atoms with van der Waals surface area (Å²) in [5.74, 6) is 1.60. The monoisotopic (exact) mass is 294 g/mol. The van der Waals surface area contributed by atoms with E-state index in [4.69, 9.17) is 15.2 Å². The van der Waals surface area contributed by atoms with Gasteiger partial charge in [-0.1, -0.05) is 6.07 Å². The molecule has 4 heteroatoms. The van der Waals surface area contributed by atoms with Crippen molar-refractivity contribution in [1.29, 1.82) is 0 Å². The van der Waals surface area contributed by atoms with Crippen molar-refractivity contribution in [3.63, 3.8) is 0 Å². The lowest BCUT2D eigenvalue weighted by atomic mass is 10.1. The first-order chi connectivity index (χ1) is 9.88. The fourth-order valence-electron chi connectivity index (χ4n) is 2.65. The number of nitrogens with two attached hydrogens (primary N) is 1. The zero-order valence-corrected chi connectivity index (χ0v) is 14.2. The summed E-state index contributed by atoms with van der Waals surface area (Å²) in [7, 11) is 1.66. The first-order valence-electron chi connectivity index (χ1n) is 7.69. The Labute approximate surface area is 129 Å². The molecule has 120 valence electrons. The van der Waals surface area contributed by atoms with Crippen LogP contribution in [0.5, 0.6) is 11.5 Å². The minimum absolute atomic E-state index is 0.123. The van der Waals surface area contributed by atoms with Crippen LogP contribution in [-0.4, -0.2) is 37.2 Å². The average Bonchev–Trinajstić information content (AvgIpc) is 2.41. The normalized spacial score (nSPS) is 13.0. The molecule has 0 spiro atoms. The number of methoxy groups -OCH3 is 1. The molecule has 2 N–H and O–H groups in total. The highest BCUT2D eigenvalue weighted by atomic mass is 16.5. The Hall–Kier alpha value is -1.26. The Balaban J connectivity index is 2.75. The molecule has 4 nitrogen and oxygen atoms in total. The lowest BCUT2D eigenvalue weighted by Gasteiger charge is -2.30. The first kappa shape index (κ1) is 17.8. The van der Waals surface area contributed by atoms with Gasteiger partial charge in [0.1, 0.15) is 18.1 Å². The fourth-order valence-corrected chi connectivity index (χ4v) is 2.65. The summed E-state index contributed by atoms with van der Waals surface area (Å²) >= 11 is 0. The maximum absolute atomic E-state index is 6.05. The fraction of sp³-hybridized carbons (Fsp3) is 0.647. The predicted molar refractivity (Wildman–Crippen MR) is 88.1 cm³/mol. The van der Waals surface area contributed by atoms with Crippen LogP contribution in [0.15, 0.2) is 18.2 Å². The Morgan fingerprint density at radius 1 is 1.05 bits per heavy atom. The quantitative estimate of drug-likeness (QED) is 0.800. The standard InChI is InChI=1S/C17H30N2O2/c1-12(2)19(13(3)4)10-11-21-16-9-7-8-15(20-6)17(16)14(5)18/h7-9,12-14H,10-11,18H2,1-6H3. The SMILES string of the molecule is COc1cccc(OCCN(C(C)C)C(C)C)c1C(C)N. The van der Waals surface area contributed by atoms with Crippen LogP contribution in [0.25, 0.3) is 0 Å². The third kappa shape index (κ3) is 4.90. The number of benzene rings is 1. The van der Waals surface area contributed by atoms with Gasteiger partial charge in [0.15, 0.2) is 0 Å². The number of rotatable bonds is 8. The molecule has 0 bridgehead atoms. The van der Waals surface area contributed by atoms with Crippen molar-refractivity contribution < 1.29 is 9.47 Å². The highest BCUT2D eigenvalue weighted by Gasteiger charge is 2.16. The molecule has 1 aromatic rings. The van der Waals surface area contributed by atoms with E-state index in [1.54, 1.807) is 7.11 Å². The Bertz CT molecular complexity index is 423. The van der Waals surface area contributed by atoms with E-state index in [0.717, 1.165) is 23.6 Å². The van der Waals surface area contributed by atoms with Crippen molar-refractivity contribution >= 4 is 0 Å². The van der Waals surface area contributed by atoms with Crippen LogP contribution < -0.4 is 15.2 Å². The van der Waals surface area contributed by atoms with Crippen molar-refractivity contribution in [2.75, 3.05) is 20.3 Å². The zero-order chi connectivity index (χ0) is 16.0. The molecule has 0 saturated carbocycles. The van der Waals surface area contributed by atoms with Gasteiger partial charge in [-0.05, 0) is 46.8 Å². The molecular formula is C17H30N2O2. The molecule has 1 unspecified atom stereocenters. The van der Waals surface area contributed by atoms with Gasteiger partial charge in [0.05, 0.1) is 12.7 Å². The summed E-state index contributed by atoms with van der Waals surface area (Å²) in [4.78, 5) is 2.41. The maximum Gasteiger partial charge on any atom is 0.127 e. The van der Waals surface area contributed by atoms with Gasteiger partial charge < -0.3 is 15.2 Å². The van der Waals surface area contributed by atoms with Gasteiger partial charge >= 0.3 is 0 Å². The van der Waals surface area contributed by atoms with E-state index in [2.05, 4.69) is 32.6 Å². The summed E-state index contributed by atoms with van der Waals surface area (Å²) < 4.78 is 11.4. The van der Waals surface area contributed by atoms with Crippen molar-refractivity contribution in [1.82, 2.24) is 4.90 Å². The molecule has 0 aliphatic carbocycles. The Morgan fingerprint density at radius 2 is 1.62 bits per heavy atom. The summed E-state index contributed by atoms with van der Waals surface area (Å²) in [6.07, 6.45) is 0. The second-order valence-electron chi connectivity index (χ2n) is 5.93. The molecule has 1 aromatic carbocycles. The van der Waals surface area contributed by atoms with E-state index < -0.39 is 0 Å². The number of nitrogens with zero attached hydrogens (tertiary/aromatic N) is 1. The highest BCUT2D eigenvalue weighted by molar-refractivity contribution is 5.46. The van der Waals surface area contributed by atoms with E-state index in [0.29, 0.717) is 18.7 Å². The van der Waals surface area contributed by atoms with Gasteiger partial charge in [0.25, 0.3) is 0 Å². The van der Waals surface area contributed by atoms with Gasteiger partial charge in [-0.2, -0.15) is 0 Å². The average molecular weight is 294 g/mol. The van der Waals surface area contributed by atoms with Crippen molar-refractivity contribution in [2.45, 2.75) is 52.7 Å². The summed E-state index contributed by atoms with van der Waals surface area (Å²) in [5.41, 5.74) is 6.98. The van der Waals surface area contributed by atoms with Crippen molar-refractivity contribution in [3.8, 4) is 11.5 Å². The van der Waals surface area contributed by atoms with Crippen LogP contribution in [0.3, 0.4) is 0 Å². The second kappa shape index (κ2) is 8.25. The van der Waals surface area contributed by atoms with E-state index in [1.165, 1.54) is 0 Å². The molecule has 0 heterocycles. The predicted octanol–water partition coefficient (Wildman–Crippen LogP) is 3.21. The molecule has 21 heavy (non-hydrogen) atoms. The van der Waals surface area contributed by atoms with Gasteiger partial charge in [-0.15, -0.1) is 0 Å². The topological polar surface area (TPSA) is 47.7 Å². The Morgan fingerprint density at radius 3 is 2.10 bits per heavy atom. The van der Waals surface area contributed by atoms with Crippen molar-refractivity contribution in [2.24, 2.45) is 5.73 Å². The van der Waals surface area contributed by atoms with Gasteiger partial charge in [0.2, 0.25) is 0 Å². The largest absolute Gasteiger partial charge is 0.496 e. The smallest absolute Gasteiger partial charge is 0.127 e. The molecule has 0 fully saturated rings. The van der Waals surface area contributed by atoms with Crippen LogP contribution in [-0.2, 0) is 0 Å². The van der Waals surface area contributed by atoms with E-state index in [1.807, 2.05) is 25.1 Å². The third-order valence-electron chi connectivity index (χ3n) is 3.64. The number of hydrogen-bond donors (Lipinski definition) is 1. The third-order valence-corrected chi connectivity index (χ3v) is 3.64. The molecule has 1 atom stereocenters. The van der Waals surface area contributed by atoms with Crippen LogP contribution in [0.4, 0.5) is 0 Å². The van der Waals surface area contributed by atoms with E-state index >= 15 is 0 Å². The van der Waals surface area contributed by atoms with Gasteiger partial charge in [0, 0.05) is 24.7 Å². The lowest BCUT2D eigenvalue weighted by molar-refractivity contribution is 0.141. The first-order valence-corrected chi connectivity index (χ1v) is 7.69. The molecule has 0 aromatic heterocycles. The molecule has 0 aliphatic rings. The van der Waals surface area contributed by atoms with Crippen molar-refractivity contribution in [3.05, 3.63) is 23.8 Å². The van der Waals surface area contributed by atoms with E-state index in [9.17, 15) is 0 Å². The Kier molecular flexibility index (Phi) is 6.99. The summed E-state index contributed by atoms with van der Waals surface area (Å²) in [6, 6.07) is 6.69. The number of hydrogen-bond acceptors (Lipinski definition) is 4. The maximum atomic E-state index is 6.05. The summed E-state index contributed by atoms with van der Waals surface area (Å²) in [5, 5.41) is 0. The molecular weight excluding hydrogens is 264 g/mol. The van der Waals surface area contributed by atoms with Gasteiger partial charge in [-0.25, -0.2) is 0 Å². The molecule has 1 rings (SSSR count). The zero-order valence-electron chi connectivity index (χ0n) is 14.2. The molecule has 0 radical (unpaired) electrons. The lowest BCUT2D eigenvalue weighted by Crippen LogP contribution is -2.39. The van der Waals surface area contributed by atoms with Crippen LogP contribution in [0.2, 0.25) is 0 Å². The summed E-state index contributed by atoms with van der Waals surface area (Å²) in [6.45, 7) is 12.3. The second-order valence-corrected chi connectivity index (χ2v) is 5.93.